The molecule has 216 valence electrons. The van der Waals surface area contributed by atoms with Crippen molar-refractivity contribution < 1.29 is 29.2 Å². The Bertz CT molecular complexity index is 1250. The van der Waals surface area contributed by atoms with Crippen molar-refractivity contribution in [3.05, 3.63) is 16.6 Å². The maximum Gasteiger partial charge on any atom is 0.302 e. The summed E-state index contributed by atoms with van der Waals surface area (Å²) in [5, 5.41) is 22.5. The second-order valence-electron chi connectivity index (χ2n) is 13.4. The molecule has 1 aromatic carbocycles. The Kier molecular flexibility index (Phi) is 7.25. The molecule has 2 aromatic rings. The molecule has 7 nitrogen and oxygen atoms in total. The van der Waals surface area contributed by atoms with Crippen LogP contribution in [0.1, 0.15) is 105 Å². The molecule has 0 unspecified atom stereocenters. The molecule has 1 saturated carbocycles. The highest BCUT2D eigenvalue weighted by molar-refractivity contribution is 7.17. The Morgan fingerprint density at radius 1 is 1.28 bits per heavy atom. The smallest absolute Gasteiger partial charge is 0.302 e. The van der Waals surface area contributed by atoms with Crippen LogP contribution in [0.25, 0.3) is 10.2 Å². The van der Waals surface area contributed by atoms with E-state index in [4.69, 9.17) is 19.2 Å². The number of aromatic nitrogens is 1. The second-order valence-corrected chi connectivity index (χ2v) is 14.2. The minimum absolute atomic E-state index is 0.0461. The monoisotopic (exact) mass is 559 g/mol. The molecule has 0 amide bonds. The summed E-state index contributed by atoms with van der Waals surface area (Å²) in [7, 11) is 0. The van der Waals surface area contributed by atoms with Gasteiger partial charge in [-0.25, -0.2) is 4.98 Å². The first-order valence-corrected chi connectivity index (χ1v) is 15.4. The van der Waals surface area contributed by atoms with Gasteiger partial charge in [0.15, 0.2) is 11.5 Å². The van der Waals surface area contributed by atoms with E-state index >= 15 is 0 Å². The number of rotatable bonds is 6. The van der Waals surface area contributed by atoms with Gasteiger partial charge in [0.25, 0.3) is 0 Å². The van der Waals surface area contributed by atoms with Gasteiger partial charge in [-0.05, 0) is 58.8 Å². The van der Waals surface area contributed by atoms with E-state index in [0.29, 0.717) is 5.75 Å². The minimum atomic E-state index is -0.872. The number of hydrogen-bond donors (Lipinski definition) is 2. The maximum absolute atomic E-state index is 12.0. The lowest BCUT2D eigenvalue weighted by molar-refractivity contribution is -0.237. The number of fused-ring (bicyclic) bond motifs is 6. The van der Waals surface area contributed by atoms with Crippen molar-refractivity contribution in [2.24, 2.45) is 17.3 Å². The molecular weight excluding hydrogens is 514 g/mol. The van der Waals surface area contributed by atoms with Gasteiger partial charge < -0.3 is 24.4 Å². The van der Waals surface area contributed by atoms with Gasteiger partial charge in [-0.1, -0.05) is 34.1 Å². The highest BCUT2D eigenvalue weighted by Gasteiger charge is 2.60. The van der Waals surface area contributed by atoms with Crippen molar-refractivity contribution in [3.63, 3.8) is 0 Å². The van der Waals surface area contributed by atoms with Crippen molar-refractivity contribution in [2.45, 2.75) is 129 Å². The number of esters is 1. The molecule has 8 heteroatoms. The zero-order chi connectivity index (χ0) is 28.5. The molecule has 0 bridgehead atoms. The summed E-state index contributed by atoms with van der Waals surface area (Å²) in [6.07, 6.45) is 4.50. The maximum atomic E-state index is 12.0. The molecule has 39 heavy (non-hydrogen) atoms. The van der Waals surface area contributed by atoms with Crippen LogP contribution in [0.4, 0.5) is 0 Å². The largest absolute Gasteiger partial charge is 0.504 e. The summed E-state index contributed by atoms with van der Waals surface area (Å²) in [6, 6.07) is 0. The van der Waals surface area contributed by atoms with Gasteiger partial charge in [-0.2, -0.15) is 0 Å². The Morgan fingerprint density at radius 3 is 2.64 bits per heavy atom. The molecule has 1 aromatic heterocycles. The average Bonchev–Trinajstić information content (AvgIpc) is 3.34. The van der Waals surface area contributed by atoms with Crippen LogP contribution in [-0.2, 0) is 20.7 Å². The van der Waals surface area contributed by atoms with E-state index in [2.05, 4.69) is 27.7 Å². The van der Waals surface area contributed by atoms with Crippen LogP contribution in [0.15, 0.2) is 5.51 Å². The van der Waals surface area contributed by atoms with Crippen LogP contribution < -0.4 is 4.74 Å². The standard InChI is InChI=1S/C31H45NO6S/c1-9-16(2)26(36-18(4)33)17(3)23-25(34)27-19(24-28(23)39-15-32-24)14-20-30(7)12-10-21(29(5,6)35)37-22(30)11-13-31(20,8)38-27/h15-17,20-22,26,34-35H,9-14H2,1-8H3/t16-,17+,20-,21-,22-,26-,30-,31-/m1/s1. The lowest BCUT2D eigenvalue weighted by Crippen LogP contribution is -2.63. The van der Waals surface area contributed by atoms with Gasteiger partial charge >= 0.3 is 5.97 Å². The van der Waals surface area contributed by atoms with Gasteiger partial charge in [-0.15, -0.1) is 11.3 Å². The zero-order valence-corrected chi connectivity index (χ0v) is 25.5. The fourth-order valence-corrected chi connectivity index (χ4v) is 8.75. The Labute approximate surface area is 236 Å². The van der Waals surface area contributed by atoms with Gasteiger partial charge in [0.05, 0.1) is 33.5 Å². The highest BCUT2D eigenvalue weighted by atomic mass is 32.1. The SMILES string of the molecule is CC[C@@H](C)[C@@H](OC(C)=O)[C@@H](C)c1c(O)c2c(c3ncsc13)C[C@@H]1[C@@]3(C)CC[C@H](C(C)(C)O)O[C@@H]3CC[C@@]1(C)O2. The van der Waals surface area contributed by atoms with Crippen molar-refractivity contribution in [2.75, 3.05) is 0 Å². The molecule has 0 radical (unpaired) electrons. The number of nitrogens with zero attached hydrogens (tertiary/aromatic N) is 1. The number of aliphatic hydroxyl groups is 1. The van der Waals surface area contributed by atoms with Gasteiger partial charge in [0.2, 0.25) is 0 Å². The van der Waals surface area contributed by atoms with E-state index in [9.17, 15) is 15.0 Å². The Morgan fingerprint density at radius 2 is 2.00 bits per heavy atom. The molecule has 3 heterocycles. The van der Waals surface area contributed by atoms with Crippen molar-refractivity contribution in [1.29, 1.82) is 0 Å². The zero-order valence-electron chi connectivity index (χ0n) is 24.7. The number of hydrogen-bond acceptors (Lipinski definition) is 8. The van der Waals surface area contributed by atoms with E-state index in [1.165, 1.54) is 18.3 Å². The molecule has 0 spiro atoms. The number of thiazole rings is 1. The van der Waals surface area contributed by atoms with Crippen molar-refractivity contribution in [3.8, 4) is 11.5 Å². The molecule has 5 rings (SSSR count). The number of aromatic hydroxyl groups is 1. The number of carbonyl (C=O) groups excluding carboxylic acids is 1. The third-order valence-electron chi connectivity index (χ3n) is 10.3. The predicted octanol–water partition coefficient (Wildman–Crippen LogP) is 6.51. The summed E-state index contributed by atoms with van der Waals surface area (Å²) >= 11 is 1.52. The van der Waals surface area contributed by atoms with Gasteiger partial charge in [0, 0.05) is 35.3 Å². The number of carbonyl (C=O) groups is 1. The average molecular weight is 560 g/mol. The molecule has 1 saturated heterocycles. The van der Waals surface area contributed by atoms with Crippen LogP contribution in [0.3, 0.4) is 0 Å². The highest BCUT2D eigenvalue weighted by Crippen LogP contribution is 2.61. The van der Waals surface area contributed by atoms with E-state index in [1.54, 1.807) is 0 Å². The molecule has 8 atom stereocenters. The number of benzene rings is 1. The molecule has 2 fully saturated rings. The fourth-order valence-electron chi connectivity index (χ4n) is 7.79. The lowest BCUT2D eigenvalue weighted by atomic mass is 9.54. The Balaban J connectivity index is 1.57. The third-order valence-corrected chi connectivity index (χ3v) is 11.1. The first-order chi connectivity index (χ1) is 18.2. The molecule has 1 aliphatic carbocycles. The second kappa shape index (κ2) is 9.88. The van der Waals surface area contributed by atoms with Crippen molar-refractivity contribution in [1.82, 2.24) is 4.98 Å². The first-order valence-electron chi connectivity index (χ1n) is 14.6. The Hall–Kier alpha value is -1.90. The van der Waals surface area contributed by atoms with E-state index in [0.717, 1.165) is 59.9 Å². The van der Waals surface area contributed by atoms with E-state index in [-0.39, 0.29) is 53.2 Å². The lowest BCUT2D eigenvalue weighted by Gasteiger charge is -2.60. The van der Waals surface area contributed by atoms with Gasteiger partial charge in [0.1, 0.15) is 11.7 Å². The summed E-state index contributed by atoms with van der Waals surface area (Å²) in [6.45, 7) is 15.8. The quantitative estimate of drug-likeness (QED) is 0.389. The summed E-state index contributed by atoms with van der Waals surface area (Å²) in [4.78, 5) is 16.8. The van der Waals surface area contributed by atoms with Crippen molar-refractivity contribution >= 4 is 27.5 Å². The van der Waals surface area contributed by atoms with E-state index in [1.807, 2.05) is 26.3 Å². The molecule has 3 aliphatic rings. The van der Waals surface area contributed by atoms with Crippen LogP contribution in [0, 0.1) is 17.3 Å². The fraction of sp³-hybridized carbons (Fsp3) is 0.742. The summed E-state index contributed by atoms with van der Waals surface area (Å²) in [5.41, 5.74) is 2.98. The minimum Gasteiger partial charge on any atom is -0.504 e. The normalized spacial score (nSPS) is 32.8. The first kappa shape index (κ1) is 28.6. The van der Waals surface area contributed by atoms with Gasteiger partial charge in [-0.3, -0.25) is 4.79 Å². The number of phenolic OH excluding ortho intramolecular Hbond substituents is 1. The number of phenols is 1. The van der Waals surface area contributed by atoms with Crippen LogP contribution in [0.2, 0.25) is 0 Å². The third kappa shape index (κ3) is 4.64. The summed E-state index contributed by atoms with van der Waals surface area (Å²) in [5.74, 6) is 0.449. The van der Waals surface area contributed by atoms with Crippen LogP contribution in [0.5, 0.6) is 11.5 Å². The topological polar surface area (TPSA) is 98.1 Å². The van der Waals surface area contributed by atoms with E-state index < -0.39 is 11.2 Å². The van der Waals surface area contributed by atoms with Crippen LogP contribution in [-0.4, -0.2) is 50.7 Å². The summed E-state index contributed by atoms with van der Waals surface area (Å²) < 4.78 is 20.2. The predicted molar refractivity (Wildman–Crippen MR) is 152 cm³/mol. The van der Waals surface area contributed by atoms with Crippen LogP contribution >= 0.6 is 11.3 Å². The number of ether oxygens (including phenoxy) is 3. The molecule has 2 N–H and O–H groups in total. The molecule has 2 aliphatic heterocycles. The molecular formula is C31H45NO6S.